The molecule has 2 aromatic heterocycles. The van der Waals surface area contributed by atoms with Crippen molar-refractivity contribution in [3.8, 4) is 34.6 Å². The Morgan fingerprint density at radius 2 is 1.97 bits per heavy atom. The standard InChI is InChI=1S/C21H15N9O4/c1-11(13-4-2-12(9-22)3-5-13)24-26-21(31)17-18(14-6-7-15-16(8-14)33-10-32-15)30(29-25-17)20-19(23)27-34-28-20/h2-8H,10H2,1H3,(H2,23,27)(H,26,31). The monoisotopic (exact) mass is 457 g/mol. The molecule has 168 valence electrons. The minimum absolute atomic E-state index is 0.0338. The Kier molecular flexibility index (Phi) is 5.07. The van der Waals surface area contributed by atoms with Crippen LogP contribution in [-0.2, 0) is 0 Å². The summed E-state index contributed by atoms with van der Waals surface area (Å²) in [6, 6.07) is 13.9. The summed E-state index contributed by atoms with van der Waals surface area (Å²) >= 11 is 0. The van der Waals surface area contributed by atoms with Gasteiger partial charge in [-0.2, -0.15) is 15.0 Å². The zero-order valence-electron chi connectivity index (χ0n) is 17.6. The van der Waals surface area contributed by atoms with E-state index < -0.39 is 5.91 Å². The van der Waals surface area contributed by atoms with E-state index in [2.05, 4.69) is 41.9 Å². The number of carbonyl (C=O) groups is 1. The Balaban J connectivity index is 1.51. The number of nitrogen functional groups attached to an aromatic ring is 1. The Morgan fingerprint density at radius 3 is 2.71 bits per heavy atom. The molecule has 1 aliphatic heterocycles. The number of nitrogens with zero attached hydrogens (tertiary/aromatic N) is 7. The lowest BCUT2D eigenvalue weighted by Gasteiger charge is -2.07. The maximum Gasteiger partial charge on any atom is 0.294 e. The molecular formula is C21H15N9O4. The fraction of sp³-hybridized carbons (Fsp3) is 0.0952. The Bertz CT molecular complexity index is 1460. The van der Waals surface area contributed by atoms with E-state index in [1.54, 1.807) is 49.4 Å². The average molecular weight is 457 g/mol. The van der Waals surface area contributed by atoms with E-state index in [0.717, 1.165) is 5.56 Å². The zero-order valence-corrected chi connectivity index (χ0v) is 17.6. The maximum atomic E-state index is 13.1. The number of nitrogens with one attached hydrogen (secondary N) is 1. The zero-order chi connectivity index (χ0) is 23.7. The number of aromatic nitrogens is 5. The molecule has 0 bridgehead atoms. The third-order valence-corrected chi connectivity index (χ3v) is 4.98. The lowest BCUT2D eigenvalue weighted by molar-refractivity contribution is 0.0950. The highest BCUT2D eigenvalue weighted by Crippen LogP contribution is 2.37. The lowest BCUT2D eigenvalue weighted by atomic mass is 10.1. The van der Waals surface area contributed by atoms with Crippen molar-refractivity contribution in [2.75, 3.05) is 12.5 Å². The summed E-state index contributed by atoms with van der Waals surface area (Å²) in [4.78, 5) is 13.1. The number of fused-ring (bicyclic) bond motifs is 1. The van der Waals surface area contributed by atoms with E-state index in [0.29, 0.717) is 28.3 Å². The molecule has 13 nitrogen and oxygen atoms in total. The number of anilines is 1. The molecule has 34 heavy (non-hydrogen) atoms. The number of ether oxygens (including phenoxy) is 2. The van der Waals surface area contributed by atoms with Crippen molar-refractivity contribution in [2.45, 2.75) is 6.92 Å². The van der Waals surface area contributed by atoms with Gasteiger partial charge in [0.2, 0.25) is 18.4 Å². The summed E-state index contributed by atoms with van der Waals surface area (Å²) in [5.74, 6) is 0.475. The summed E-state index contributed by atoms with van der Waals surface area (Å²) in [7, 11) is 0. The number of hydrogen-bond acceptors (Lipinski definition) is 11. The summed E-state index contributed by atoms with van der Waals surface area (Å²) in [6.45, 7) is 1.81. The van der Waals surface area contributed by atoms with Crippen molar-refractivity contribution in [3.05, 3.63) is 59.3 Å². The van der Waals surface area contributed by atoms with Gasteiger partial charge in [0.05, 0.1) is 17.3 Å². The quantitative estimate of drug-likeness (QED) is 0.330. The van der Waals surface area contributed by atoms with Gasteiger partial charge in [-0.05, 0) is 53.1 Å². The van der Waals surface area contributed by atoms with Crippen molar-refractivity contribution in [1.82, 2.24) is 30.7 Å². The topological polar surface area (TPSA) is 179 Å². The van der Waals surface area contributed by atoms with Crippen molar-refractivity contribution >= 4 is 17.4 Å². The number of nitriles is 1. The molecule has 0 atom stereocenters. The second-order valence-electron chi connectivity index (χ2n) is 7.07. The van der Waals surface area contributed by atoms with Gasteiger partial charge in [0.15, 0.2) is 17.2 Å². The van der Waals surface area contributed by atoms with Gasteiger partial charge < -0.3 is 15.2 Å². The van der Waals surface area contributed by atoms with Crippen molar-refractivity contribution < 1.29 is 18.9 Å². The molecule has 1 amide bonds. The number of benzene rings is 2. The predicted molar refractivity (Wildman–Crippen MR) is 116 cm³/mol. The molecule has 13 heteroatoms. The smallest absolute Gasteiger partial charge is 0.294 e. The summed E-state index contributed by atoms with van der Waals surface area (Å²) < 4.78 is 16.7. The molecule has 4 aromatic rings. The molecule has 3 heterocycles. The number of hydrazone groups is 1. The van der Waals surface area contributed by atoms with Gasteiger partial charge in [0.25, 0.3) is 5.91 Å². The first-order valence-corrected chi connectivity index (χ1v) is 9.84. The van der Waals surface area contributed by atoms with Crippen LogP contribution in [0, 0.1) is 11.3 Å². The molecule has 0 saturated carbocycles. The largest absolute Gasteiger partial charge is 0.454 e. The first kappa shape index (κ1) is 20.6. The molecule has 1 aliphatic rings. The first-order chi connectivity index (χ1) is 16.5. The van der Waals surface area contributed by atoms with Crippen LogP contribution < -0.4 is 20.6 Å². The number of amides is 1. The van der Waals surface area contributed by atoms with E-state index in [9.17, 15) is 4.79 Å². The van der Waals surface area contributed by atoms with Crippen LogP contribution in [0.25, 0.3) is 17.1 Å². The number of nitrogens with two attached hydrogens (primary N) is 1. The SMILES string of the molecule is CC(=NNC(=O)c1nnn(-c2nonc2N)c1-c1ccc2c(c1)OCO2)c1ccc(C#N)cc1. The summed E-state index contributed by atoms with van der Waals surface area (Å²) in [5, 5.41) is 28.4. The molecule has 5 rings (SSSR count). The van der Waals surface area contributed by atoms with Crippen molar-refractivity contribution in [2.24, 2.45) is 5.10 Å². The first-order valence-electron chi connectivity index (χ1n) is 9.84. The van der Waals surface area contributed by atoms with Crippen LogP contribution in [0.1, 0.15) is 28.5 Å². The molecule has 3 N–H and O–H groups in total. The van der Waals surface area contributed by atoms with E-state index in [4.69, 9.17) is 20.5 Å². The van der Waals surface area contributed by atoms with Gasteiger partial charge >= 0.3 is 0 Å². The molecule has 0 fully saturated rings. The van der Waals surface area contributed by atoms with Crippen LogP contribution in [0.2, 0.25) is 0 Å². The number of hydrogen-bond donors (Lipinski definition) is 2. The number of rotatable bonds is 5. The van der Waals surface area contributed by atoms with Crippen LogP contribution in [-0.4, -0.2) is 43.7 Å². The van der Waals surface area contributed by atoms with Crippen LogP contribution in [0.3, 0.4) is 0 Å². The van der Waals surface area contributed by atoms with Crippen LogP contribution >= 0.6 is 0 Å². The highest BCUT2D eigenvalue weighted by Gasteiger charge is 2.27. The van der Waals surface area contributed by atoms with E-state index >= 15 is 0 Å². The van der Waals surface area contributed by atoms with Crippen LogP contribution in [0.5, 0.6) is 11.5 Å². The van der Waals surface area contributed by atoms with Gasteiger partial charge in [-0.1, -0.05) is 17.3 Å². The Labute approximate surface area is 191 Å². The molecule has 0 saturated heterocycles. The van der Waals surface area contributed by atoms with E-state index in [1.807, 2.05) is 0 Å². The minimum Gasteiger partial charge on any atom is -0.454 e. The molecule has 0 radical (unpaired) electrons. The van der Waals surface area contributed by atoms with Crippen LogP contribution in [0.4, 0.5) is 5.82 Å². The Morgan fingerprint density at radius 1 is 1.18 bits per heavy atom. The Hall–Kier alpha value is -5.25. The number of carbonyl (C=O) groups excluding carboxylic acids is 1. The predicted octanol–water partition coefficient (Wildman–Crippen LogP) is 1.65. The fourth-order valence-corrected chi connectivity index (χ4v) is 3.26. The molecule has 0 aliphatic carbocycles. The summed E-state index contributed by atoms with van der Waals surface area (Å²) in [5.41, 5.74) is 10.9. The highest BCUT2D eigenvalue weighted by atomic mass is 16.7. The molecule has 2 aromatic carbocycles. The third kappa shape index (κ3) is 3.65. The van der Waals surface area contributed by atoms with Gasteiger partial charge in [0.1, 0.15) is 5.69 Å². The fourth-order valence-electron chi connectivity index (χ4n) is 3.26. The third-order valence-electron chi connectivity index (χ3n) is 4.98. The van der Waals surface area contributed by atoms with Gasteiger partial charge in [0, 0.05) is 5.56 Å². The maximum absolute atomic E-state index is 13.1. The second kappa shape index (κ2) is 8.36. The molecule has 0 unspecified atom stereocenters. The summed E-state index contributed by atoms with van der Waals surface area (Å²) in [6.07, 6.45) is 0. The van der Waals surface area contributed by atoms with Gasteiger partial charge in [-0.25, -0.2) is 10.1 Å². The normalized spacial score (nSPS) is 12.4. The van der Waals surface area contributed by atoms with Crippen molar-refractivity contribution in [1.29, 1.82) is 5.26 Å². The van der Waals surface area contributed by atoms with Crippen LogP contribution in [0.15, 0.2) is 52.2 Å². The van der Waals surface area contributed by atoms with E-state index in [1.165, 1.54) is 4.68 Å². The lowest BCUT2D eigenvalue weighted by Crippen LogP contribution is -2.21. The average Bonchev–Trinajstić information content (AvgIpc) is 3.60. The highest BCUT2D eigenvalue weighted by molar-refractivity contribution is 6.02. The minimum atomic E-state index is -0.623. The van der Waals surface area contributed by atoms with Crippen molar-refractivity contribution in [3.63, 3.8) is 0 Å². The molecular weight excluding hydrogens is 442 g/mol. The van der Waals surface area contributed by atoms with E-state index in [-0.39, 0.29) is 29.8 Å². The molecule has 0 spiro atoms. The van der Waals surface area contributed by atoms with Gasteiger partial charge in [-0.15, -0.1) is 5.10 Å². The van der Waals surface area contributed by atoms with Gasteiger partial charge in [-0.3, -0.25) is 4.79 Å². The second-order valence-corrected chi connectivity index (χ2v) is 7.07.